The number of phenols is 1. The van der Waals surface area contributed by atoms with Crippen molar-refractivity contribution >= 4 is 35.5 Å². The second kappa shape index (κ2) is 15.1. The van der Waals surface area contributed by atoms with Gasteiger partial charge in [-0.25, -0.2) is 4.79 Å². The van der Waals surface area contributed by atoms with Gasteiger partial charge in [-0.3, -0.25) is 24.0 Å². The number of carbonyl (C=O) groups is 6. The van der Waals surface area contributed by atoms with Crippen molar-refractivity contribution in [2.75, 3.05) is 0 Å². The Balaban J connectivity index is 3.03. The molecule has 0 aliphatic heterocycles. The van der Waals surface area contributed by atoms with Crippen molar-refractivity contribution in [2.24, 2.45) is 23.1 Å². The van der Waals surface area contributed by atoms with E-state index in [2.05, 4.69) is 16.0 Å². The van der Waals surface area contributed by atoms with Gasteiger partial charge < -0.3 is 43.4 Å². The van der Waals surface area contributed by atoms with E-state index in [1.165, 1.54) is 12.1 Å². The van der Waals surface area contributed by atoms with Crippen LogP contribution in [0.25, 0.3) is 0 Å². The molecule has 11 N–H and O–H groups in total. The summed E-state index contributed by atoms with van der Waals surface area (Å²) in [5.74, 6) is -5.71. The van der Waals surface area contributed by atoms with Crippen LogP contribution in [0.15, 0.2) is 24.3 Å². The van der Waals surface area contributed by atoms with Gasteiger partial charge in [0.05, 0.1) is 6.04 Å². The third kappa shape index (κ3) is 11.2. The summed E-state index contributed by atoms with van der Waals surface area (Å²) in [4.78, 5) is 72.7. The first-order valence-corrected chi connectivity index (χ1v) is 11.9. The number of carboxylic acid groups (broad SMARTS) is 1. The van der Waals surface area contributed by atoms with Gasteiger partial charge in [0, 0.05) is 12.8 Å². The number of carbonyl (C=O) groups excluding carboxylic acids is 5. The van der Waals surface area contributed by atoms with E-state index in [-0.39, 0.29) is 37.9 Å². The first-order valence-electron chi connectivity index (χ1n) is 11.9. The van der Waals surface area contributed by atoms with Gasteiger partial charge in [0.15, 0.2) is 0 Å². The Morgan fingerprint density at radius 1 is 0.789 bits per heavy atom. The number of aromatic hydroxyl groups is 1. The molecule has 1 aromatic rings. The molecule has 5 amide bonds. The average molecular weight is 537 g/mol. The van der Waals surface area contributed by atoms with E-state index in [9.17, 15) is 39.0 Å². The predicted molar refractivity (Wildman–Crippen MR) is 135 cm³/mol. The Morgan fingerprint density at radius 2 is 1.24 bits per heavy atom. The van der Waals surface area contributed by atoms with Crippen LogP contribution in [0, 0.1) is 5.92 Å². The SMILES string of the molecule is CC(C)C(NC(=O)C(CCC(N)=O)NC(=O)C(CCC(N)=O)NC(=O)C(N)Cc1ccc(O)cc1)C(=O)O. The van der Waals surface area contributed by atoms with E-state index in [1.54, 1.807) is 26.0 Å². The molecule has 0 spiro atoms. The summed E-state index contributed by atoms with van der Waals surface area (Å²) in [7, 11) is 0. The van der Waals surface area contributed by atoms with E-state index in [0.29, 0.717) is 5.56 Å². The third-order valence-corrected chi connectivity index (χ3v) is 5.58. The summed E-state index contributed by atoms with van der Waals surface area (Å²) in [5.41, 5.74) is 17.0. The summed E-state index contributed by atoms with van der Waals surface area (Å²) in [6, 6.07) is 0.938. The molecule has 38 heavy (non-hydrogen) atoms. The average Bonchev–Trinajstić information content (AvgIpc) is 2.82. The number of aliphatic carboxylic acids is 1. The van der Waals surface area contributed by atoms with Crippen molar-refractivity contribution in [3.8, 4) is 5.75 Å². The Morgan fingerprint density at radius 3 is 1.66 bits per heavy atom. The lowest BCUT2D eigenvalue weighted by Gasteiger charge is -2.26. The molecule has 0 aromatic heterocycles. The number of benzene rings is 1. The number of rotatable bonds is 16. The molecule has 210 valence electrons. The van der Waals surface area contributed by atoms with E-state index < -0.39 is 65.6 Å². The summed E-state index contributed by atoms with van der Waals surface area (Å²) >= 11 is 0. The van der Waals surface area contributed by atoms with Gasteiger partial charge in [-0.15, -0.1) is 0 Å². The number of carboxylic acids is 1. The lowest BCUT2D eigenvalue weighted by Crippen LogP contribution is -2.58. The lowest BCUT2D eigenvalue weighted by molar-refractivity contribution is -0.143. The van der Waals surface area contributed by atoms with Crippen molar-refractivity contribution in [3.63, 3.8) is 0 Å². The summed E-state index contributed by atoms with van der Waals surface area (Å²) in [6.07, 6.45) is -0.960. The van der Waals surface area contributed by atoms with Gasteiger partial charge >= 0.3 is 5.97 Å². The first-order chi connectivity index (χ1) is 17.7. The zero-order valence-electron chi connectivity index (χ0n) is 21.3. The van der Waals surface area contributed by atoms with Crippen molar-refractivity contribution in [3.05, 3.63) is 29.8 Å². The van der Waals surface area contributed by atoms with Gasteiger partial charge in [-0.2, -0.15) is 0 Å². The first kappa shape index (κ1) is 31.8. The Kier molecular flexibility index (Phi) is 12.7. The maximum absolute atomic E-state index is 13.1. The van der Waals surface area contributed by atoms with Crippen LogP contribution < -0.4 is 33.2 Å². The highest BCUT2D eigenvalue weighted by Gasteiger charge is 2.31. The van der Waals surface area contributed by atoms with E-state index in [4.69, 9.17) is 17.2 Å². The molecule has 0 radical (unpaired) electrons. The highest BCUT2D eigenvalue weighted by Crippen LogP contribution is 2.11. The fourth-order valence-corrected chi connectivity index (χ4v) is 3.41. The fraction of sp³-hybridized carbons (Fsp3) is 0.500. The van der Waals surface area contributed by atoms with Crippen molar-refractivity contribution in [1.82, 2.24) is 16.0 Å². The molecule has 0 aliphatic carbocycles. The zero-order chi connectivity index (χ0) is 29.0. The molecule has 0 fully saturated rings. The van der Waals surface area contributed by atoms with Crippen LogP contribution in [0.5, 0.6) is 5.75 Å². The molecule has 1 aromatic carbocycles. The third-order valence-electron chi connectivity index (χ3n) is 5.58. The Hall–Kier alpha value is -4.20. The topological polar surface area (TPSA) is 257 Å². The maximum Gasteiger partial charge on any atom is 0.326 e. The van der Waals surface area contributed by atoms with E-state index >= 15 is 0 Å². The normalized spacial score (nSPS) is 14.0. The molecule has 0 aliphatic rings. The lowest BCUT2D eigenvalue weighted by atomic mass is 10.0. The van der Waals surface area contributed by atoms with Gasteiger partial charge in [-0.05, 0) is 42.9 Å². The van der Waals surface area contributed by atoms with Crippen molar-refractivity contribution < 1.29 is 39.0 Å². The number of phenolic OH excluding ortho intramolecular Hbond substituents is 1. The van der Waals surface area contributed by atoms with Crippen LogP contribution in [-0.4, -0.2) is 69.9 Å². The van der Waals surface area contributed by atoms with Crippen LogP contribution in [0.1, 0.15) is 45.1 Å². The molecule has 1 rings (SSSR count). The molecule has 4 unspecified atom stereocenters. The minimum atomic E-state index is -1.37. The van der Waals surface area contributed by atoms with E-state index in [1.807, 2.05) is 0 Å². The summed E-state index contributed by atoms with van der Waals surface area (Å²) in [6.45, 7) is 3.15. The van der Waals surface area contributed by atoms with Crippen molar-refractivity contribution in [1.29, 1.82) is 0 Å². The number of hydrogen-bond donors (Lipinski definition) is 8. The molecule has 0 saturated carbocycles. The Labute approximate surface area is 219 Å². The summed E-state index contributed by atoms with van der Waals surface area (Å²) in [5, 5.41) is 25.9. The standard InChI is InChI=1S/C24H36N6O8/c1-12(2)20(24(37)38)30-23(36)17(8-10-19(27)33)29-22(35)16(7-9-18(26)32)28-21(34)15(25)11-13-3-5-14(31)6-4-13/h3-6,12,15-17,20,31H,7-11,25H2,1-2H3,(H2,26,32)(H2,27,33)(H,28,34)(H,29,35)(H,30,36)(H,37,38). The molecular weight excluding hydrogens is 500 g/mol. The fourth-order valence-electron chi connectivity index (χ4n) is 3.41. The van der Waals surface area contributed by atoms with Gasteiger partial charge in [-0.1, -0.05) is 26.0 Å². The van der Waals surface area contributed by atoms with Crippen LogP contribution in [-0.2, 0) is 35.2 Å². The van der Waals surface area contributed by atoms with Gasteiger partial charge in [0.2, 0.25) is 29.5 Å². The molecule has 0 heterocycles. The monoisotopic (exact) mass is 536 g/mol. The van der Waals surface area contributed by atoms with Gasteiger partial charge in [0.25, 0.3) is 0 Å². The highest BCUT2D eigenvalue weighted by molar-refractivity contribution is 5.94. The number of nitrogens with one attached hydrogen (secondary N) is 3. The predicted octanol–water partition coefficient (Wildman–Crippen LogP) is -2.01. The molecule has 4 atom stereocenters. The maximum atomic E-state index is 13.1. The Bertz CT molecular complexity index is 1010. The number of amides is 5. The molecule has 14 nitrogen and oxygen atoms in total. The quantitative estimate of drug-likeness (QED) is 0.116. The number of primary amides is 2. The largest absolute Gasteiger partial charge is 0.508 e. The molecular formula is C24H36N6O8. The second-order valence-electron chi connectivity index (χ2n) is 9.18. The molecule has 0 bridgehead atoms. The van der Waals surface area contributed by atoms with Gasteiger partial charge in [0.1, 0.15) is 23.9 Å². The van der Waals surface area contributed by atoms with Crippen LogP contribution in [0.2, 0.25) is 0 Å². The number of nitrogens with two attached hydrogens (primary N) is 3. The van der Waals surface area contributed by atoms with Crippen LogP contribution in [0.3, 0.4) is 0 Å². The minimum Gasteiger partial charge on any atom is -0.508 e. The van der Waals surface area contributed by atoms with Crippen LogP contribution in [0.4, 0.5) is 0 Å². The molecule has 0 saturated heterocycles. The smallest absolute Gasteiger partial charge is 0.326 e. The highest BCUT2D eigenvalue weighted by atomic mass is 16.4. The summed E-state index contributed by atoms with van der Waals surface area (Å²) < 4.78 is 0. The zero-order valence-corrected chi connectivity index (χ0v) is 21.3. The van der Waals surface area contributed by atoms with Crippen molar-refractivity contribution in [2.45, 2.75) is 70.1 Å². The second-order valence-corrected chi connectivity index (χ2v) is 9.18. The van der Waals surface area contributed by atoms with Crippen LogP contribution >= 0.6 is 0 Å². The minimum absolute atomic E-state index is 0.0351. The van der Waals surface area contributed by atoms with E-state index in [0.717, 1.165) is 0 Å². The number of hydrogen-bond acceptors (Lipinski definition) is 8. The molecule has 14 heteroatoms.